The van der Waals surface area contributed by atoms with Crippen LogP contribution in [0, 0.1) is 28.1 Å². The van der Waals surface area contributed by atoms with Crippen molar-refractivity contribution in [2.45, 2.75) is 58.5 Å². The highest BCUT2D eigenvalue weighted by Gasteiger charge is 2.66. The number of hydrogen-bond donors (Lipinski definition) is 1. The van der Waals surface area contributed by atoms with Crippen LogP contribution in [0.1, 0.15) is 46.5 Å². The molecule has 0 aromatic carbocycles. The molecule has 2 saturated carbocycles. The highest BCUT2D eigenvalue weighted by molar-refractivity contribution is 5.94. The van der Waals surface area contributed by atoms with Crippen molar-refractivity contribution >= 4 is 11.7 Å². The number of hydrogen-bond acceptors (Lipinski definition) is 4. The molecule has 0 aromatic heterocycles. The minimum Gasteiger partial charge on any atom is -0.326 e. The number of rotatable bonds is 3. The van der Waals surface area contributed by atoms with E-state index in [1.807, 2.05) is 0 Å². The van der Waals surface area contributed by atoms with Crippen molar-refractivity contribution in [1.29, 1.82) is 5.26 Å². The number of amides is 1. The van der Waals surface area contributed by atoms with Crippen LogP contribution in [0.2, 0.25) is 0 Å². The van der Waals surface area contributed by atoms with Gasteiger partial charge in [0.2, 0.25) is 5.91 Å². The summed E-state index contributed by atoms with van der Waals surface area (Å²) in [6, 6.07) is 1.69. The second-order valence-corrected chi connectivity index (χ2v) is 7.80. The summed E-state index contributed by atoms with van der Waals surface area (Å²) < 4.78 is 0. The quantitative estimate of drug-likeness (QED) is 0.857. The number of nitrogens with one attached hydrogen (secondary N) is 1. The number of nitriles is 1. The van der Waals surface area contributed by atoms with E-state index in [0.29, 0.717) is 12.5 Å². The van der Waals surface area contributed by atoms with E-state index in [2.05, 4.69) is 32.2 Å². The Hall–Kier alpha value is -1.41. The molecule has 3 aliphatic rings. The van der Waals surface area contributed by atoms with Crippen LogP contribution in [-0.4, -0.2) is 41.8 Å². The first kappa shape index (κ1) is 15.5. The number of carbonyl (C=O) groups is 2. The molecule has 5 nitrogen and oxygen atoms in total. The van der Waals surface area contributed by atoms with Crippen LogP contribution in [0.15, 0.2) is 0 Å². The summed E-state index contributed by atoms with van der Waals surface area (Å²) in [5.41, 5.74) is -0.269. The SMILES string of the molecule is CC1(C)[C@H]2CC[C@]1(C)C(=O)[C@H]2NCC(=O)N1CCC[C@H]1C#N. The summed E-state index contributed by atoms with van der Waals surface area (Å²) in [7, 11) is 0. The van der Waals surface area contributed by atoms with E-state index in [9.17, 15) is 9.59 Å². The van der Waals surface area contributed by atoms with Gasteiger partial charge in [-0.05, 0) is 37.0 Å². The summed E-state index contributed by atoms with van der Waals surface area (Å²) in [6.45, 7) is 7.25. The highest BCUT2D eigenvalue weighted by atomic mass is 16.2. The van der Waals surface area contributed by atoms with Gasteiger partial charge in [-0.2, -0.15) is 5.26 Å². The monoisotopic (exact) mass is 303 g/mol. The fraction of sp³-hybridized carbons (Fsp3) is 0.824. The van der Waals surface area contributed by atoms with Crippen molar-refractivity contribution in [3.05, 3.63) is 0 Å². The fourth-order valence-corrected chi connectivity index (χ4v) is 4.82. The molecular weight excluding hydrogens is 278 g/mol. The van der Waals surface area contributed by atoms with Crippen molar-refractivity contribution in [1.82, 2.24) is 10.2 Å². The van der Waals surface area contributed by atoms with Gasteiger partial charge in [0.05, 0.1) is 18.7 Å². The standard InChI is InChI=1S/C17H25N3O2/c1-16(2)12-6-7-17(16,3)15(22)14(12)19-10-13(21)20-8-4-5-11(20)9-18/h11-12,14,19H,4-8,10H2,1-3H3/t11-,12-,14-,17+/m0/s1. The molecule has 2 aliphatic carbocycles. The number of carbonyl (C=O) groups excluding carboxylic acids is 2. The second kappa shape index (κ2) is 5.06. The Labute approximate surface area is 132 Å². The van der Waals surface area contributed by atoms with Crippen molar-refractivity contribution < 1.29 is 9.59 Å². The Balaban J connectivity index is 1.65. The van der Waals surface area contributed by atoms with Crippen LogP contribution in [0.5, 0.6) is 0 Å². The zero-order valence-electron chi connectivity index (χ0n) is 13.7. The molecule has 4 atom stereocenters. The molecule has 2 bridgehead atoms. The Morgan fingerprint density at radius 3 is 2.73 bits per heavy atom. The van der Waals surface area contributed by atoms with Gasteiger partial charge in [-0.25, -0.2) is 0 Å². The lowest BCUT2D eigenvalue weighted by Gasteiger charge is -2.32. The zero-order valence-corrected chi connectivity index (χ0v) is 13.7. The van der Waals surface area contributed by atoms with Gasteiger partial charge in [-0.3, -0.25) is 14.9 Å². The van der Waals surface area contributed by atoms with Gasteiger partial charge in [0.15, 0.2) is 5.78 Å². The molecule has 120 valence electrons. The summed E-state index contributed by atoms with van der Waals surface area (Å²) in [4.78, 5) is 26.7. The molecule has 0 spiro atoms. The predicted molar refractivity (Wildman–Crippen MR) is 81.8 cm³/mol. The average Bonchev–Trinajstić information content (AvgIpc) is 3.07. The predicted octanol–water partition coefficient (Wildman–Crippen LogP) is 1.48. The van der Waals surface area contributed by atoms with Gasteiger partial charge >= 0.3 is 0 Å². The second-order valence-electron chi connectivity index (χ2n) is 7.80. The van der Waals surface area contributed by atoms with Crippen LogP contribution < -0.4 is 5.32 Å². The molecule has 22 heavy (non-hydrogen) atoms. The first-order valence-corrected chi connectivity index (χ1v) is 8.30. The zero-order chi connectivity index (χ0) is 16.1. The molecule has 1 saturated heterocycles. The van der Waals surface area contributed by atoms with E-state index >= 15 is 0 Å². The van der Waals surface area contributed by atoms with Crippen LogP contribution in [0.3, 0.4) is 0 Å². The third-order valence-corrected chi connectivity index (χ3v) is 6.73. The summed E-state index contributed by atoms with van der Waals surface area (Å²) >= 11 is 0. The minimum atomic E-state index is -0.293. The number of Topliss-reactive ketones (excluding diaryl/α,β-unsaturated/α-hetero) is 1. The molecule has 1 aliphatic heterocycles. The van der Waals surface area contributed by atoms with Gasteiger partial charge < -0.3 is 4.90 Å². The largest absolute Gasteiger partial charge is 0.326 e. The van der Waals surface area contributed by atoms with Gasteiger partial charge in [-0.15, -0.1) is 0 Å². The van der Waals surface area contributed by atoms with Crippen LogP contribution >= 0.6 is 0 Å². The molecule has 0 aromatic rings. The molecule has 3 fully saturated rings. The van der Waals surface area contributed by atoms with Crippen LogP contribution in [-0.2, 0) is 9.59 Å². The normalized spacial score (nSPS) is 39.3. The topological polar surface area (TPSA) is 73.2 Å². The summed E-state index contributed by atoms with van der Waals surface area (Å²) in [5.74, 6) is 0.519. The van der Waals surface area contributed by atoms with Gasteiger partial charge in [-0.1, -0.05) is 20.8 Å². The van der Waals surface area contributed by atoms with Crippen molar-refractivity contribution in [2.24, 2.45) is 16.7 Å². The number of fused-ring (bicyclic) bond motifs is 2. The van der Waals surface area contributed by atoms with E-state index in [0.717, 1.165) is 25.7 Å². The fourth-order valence-electron chi connectivity index (χ4n) is 4.82. The van der Waals surface area contributed by atoms with Gasteiger partial charge in [0, 0.05) is 12.0 Å². The van der Waals surface area contributed by atoms with Gasteiger partial charge in [0.25, 0.3) is 0 Å². The van der Waals surface area contributed by atoms with Crippen molar-refractivity contribution in [3.8, 4) is 6.07 Å². The Morgan fingerprint density at radius 1 is 1.41 bits per heavy atom. The highest BCUT2D eigenvalue weighted by Crippen LogP contribution is 2.63. The van der Waals surface area contributed by atoms with E-state index < -0.39 is 0 Å². The van der Waals surface area contributed by atoms with Crippen LogP contribution in [0.4, 0.5) is 0 Å². The lowest BCUT2D eigenvalue weighted by molar-refractivity contribution is -0.131. The first-order valence-electron chi connectivity index (χ1n) is 8.30. The third-order valence-electron chi connectivity index (χ3n) is 6.73. The molecule has 5 heteroatoms. The maximum atomic E-state index is 12.7. The van der Waals surface area contributed by atoms with Crippen molar-refractivity contribution in [2.75, 3.05) is 13.1 Å². The number of nitrogens with zero attached hydrogens (tertiary/aromatic N) is 2. The van der Waals surface area contributed by atoms with E-state index in [1.54, 1.807) is 4.90 Å². The van der Waals surface area contributed by atoms with Gasteiger partial charge in [0.1, 0.15) is 6.04 Å². The first-order chi connectivity index (χ1) is 10.3. The maximum Gasteiger partial charge on any atom is 0.237 e. The van der Waals surface area contributed by atoms with E-state index in [4.69, 9.17) is 5.26 Å². The molecule has 0 radical (unpaired) electrons. The van der Waals surface area contributed by atoms with Crippen molar-refractivity contribution in [3.63, 3.8) is 0 Å². The molecule has 0 unspecified atom stereocenters. The molecular formula is C17H25N3O2. The lowest BCUT2D eigenvalue weighted by atomic mass is 9.70. The lowest BCUT2D eigenvalue weighted by Crippen LogP contribution is -2.48. The van der Waals surface area contributed by atoms with E-state index in [1.165, 1.54) is 0 Å². The third kappa shape index (κ3) is 1.93. The average molecular weight is 303 g/mol. The molecule has 1 N–H and O–H groups in total. The Kier molecular flexibility index (Phi) is 3.56. The molecule has 3 rings (SSSR count). The number of likely N-dealkylation sites (tertiary alicyclic amines) is 1. The smallest absolute Gasteiger partial charge is 0.237 e. The Bertz CT molecular complexity index is 551. The summed E-state index contributed by atoms with van der Waals surface area (Å²) in [5, 5.41) is 12.3. The molecule has 1 heterocycles. The maximum absolute atomic E-state index is 12.7. The van der Waals surface area contributed by atoms with Crippen LogP contribution in [0.25, 0.3) is 0 Å². The van der Waals surface area contributed by atoms with E-state index in [-0.39, 0.29) is 41.1 Å². The summed E-state index contributed by atoms with van der Waals surface area (Å²) in [6.07, 6.45) is 3.66. The number of ketones is 1. The Morgan fingerprint density at radius 2 is 2.14 bits per heavy atom. The minimum absolute atomic E-state index is 0.00632. The molecule has 1 amide bonds.